The quantitative estimate of drug-likeness (QED) is 0.640. The van der Waals surface area contributed by atoms with Gasteiger partial charge in [-0.3, -0.25) is 4.79 Å². The van der Waals surface area contributed by atoms with Crippen LogP contribution in [0.25, 0.3) is 21.3 Å². The van der Waals surface area contributed by atoms with Gasteiger partial charge in [0.25, 0.3) is 0 Å². The lowest BCUT2D eigenvalue weighted by molar-refractivity contribution is -0.121. The maximum atomic E-state index is 11.9. The summed E-state index contributed by atoms with van der Waals surface area (Å²) in [5.74, 6) is -0.218. The fourth-order valence-corrected chi connectivity index (χ4v) is 3.36. The van der Waals surface area contributed by atoms with Gasteiger partial charge in [0.1, 0.15) is 5.01 Å². The van der Waals surface area contributed by atoms with E-state index < -0.39 is 6.10 Å². The van der Waals surface area contributed by atoms with Crippen molar-refractivity contribution in [1.29, 1.82) is 0 Å². The van der Waals surface area contributed by atoms with Gasteiger partial charge in [-0.1, -0.05) is 36.4 Å². The predicted molar refractivity (Wildman–Crippen MR) is 94.9 cm³/mol. The topological polar surface area (TPSA) is 82.5 Å². The third kappa shape index (κ3) is 3.97. The van der Waals surface area contributed by atoms with Crippen LogP contribution in [0.2, 0.25) is 0 Å². The lowest BCUT2D eigenvalue weighted by Gasteiger charge is -2.07. The Labute approximate surface area is 143 Å². The van der Waals surface area contributed by atoms with E-state index >= 15 is 0 Å². The number of nitrogens with zero attached hydrogens (tertiary/aromatic N) is 1. The van der Waals surface area contributed by atoms with Gasteiger partial charge in [-0.15, -0.1) is 11.3 Å². The lowest BCUT2D eigenvalue weighted by Crippen LogP contribution is -2.34. The summed E-state index contributed by atoms with van der Waals surface area (Å²) in [6.45, 7) is -0.331. The first kappa shape index (κ1) is 16.6. The normalized spacial score (nSPS) is 12.2. The van der Waals surface area contributed by atoms with Crippen LogP contribution in [0.4, 0.5) is 0 Å². The third-order valence-corrected chi connectivity index (χ3v) is 4.62. The van der Waals surface area contributed by atoms with Crippen molar-refractivity contribution in [3.05, 3.63) is 53.5 Å². The molecule has 24 heavy (non-hydrogen) atoms. The molecule has 2 aromatic carbocycles. The van der Waals surface area contributed by atoms with E-state index in [2.05, 4.69) is 28.5 Å². The predicted octanol–water partition coefficient (Wildman–Crippen LogP) is 1.98. The van der Waals surface area contributed by atoms with Crippen LogP contribution in [0.1, 0.15) is 5.01 Å². The Kier molecular flexibility index (Phi) is 5.20. The zero-order chi connectivity index (χ0) is 16.9. The number of carbonyl (C=O) groups is 1. The number of carbonyl (C=O) groups excluding carboxylic acids is 1. The number of rotatable bonds is 6. The van der Waals surface area contributed by atoms with Crippen LogP contribution in [-0.4, -0.2) is 40.4 Å². The largest absolute Gasteiger partial charge is 0.394 e. The van der Waals surface area contributed by atoms with Crippen LogP contribution in [-0.2, 0) is 11.2 Å². The molecule has 0 unspecified atom stereocenters. The van der Waals surface area contributed by atoms with Crippen LogP contribution in [0.3, 0.4) is 0 Å². The van der Waals surface area contributed by atoms with Crippen LogP contribution >= 0.6 is 11.3 Å². The van der Waals surface area contributed by atoms with E-state index in [1.54, 1.807) is 0 Å². The van der Waals surface area contributed by atoms with Crippen LogP contribution in [0.5, 0.6) is 0 Å². The molecule has 1 heterocycles. The van der Waals surface area contributed by atoms with Crippen LogP contribution in [0.15, 0.2) is 48.5 Å². The zero-order valence-electron chi connectivity index (χ0n) is 13.0. The molecular formula is C18H18N2O3S. The van der Waals surface area contributed by atoms with Gasteiger partial charge in [0, 0.05) is 6.54 Å². The lowest BCUT2D eigenvalue weighted by atomic mass is 10.1. The van der Waals surface area contributed by atoms with Gasteiger partial charge in [-0.2, -0.15) is 0 Å². The number of benzene rings is 2. The van der Waals surface area contributed by atoms with E-state index in [1.807, 2.05) is 30.3 Å². The second-order valence-electron chi connectivity index (χ2n) is 5.47. The van der Waals surface area contributed by atoms with Crippen LogP contribution < -0.4 is 5.32 Å². The van der Waals surface area contributed by atoms with Gasteiger partial charge in [0.2, 0.25) is 5.91 Å². The summed E-state index contributed by atoms with van der Waals surface area (Å²) in [6, 6.07) is 16.2. The Morgan fingerprint density at radius 3 is 2.71 bits per heavy atom. The summed E-state index contributed by atoms with van der Waals surface area (Å²) in [5.41, 5.74) is 3.14. The molecule has 0 aliphatic carbocycles. The molecular weight excluding hydrogens is 324 g/mol. The molecule has 0 aliphatic heterocycles. The van der Waals surface area contributed by atoms with Crippen molar-refractivity contribution >= 4 is 27.5 Å². The molecule has 0 spiro atoms. The summed E-state index contributed by atoms with van der Waals surface area (Å²) < 4.78 is 1.04. The van der Waals surface area contributed by atoms with E-state index in [-0.39, 0.29) is 25.5 Å². The minimum Gasteiger partial charge on any atom is -0.394 e. The highest BCUT2D eigenvalue weighted by atomic mass is 32.1. The molecule has 1 aromatic heterocycles. The molecule has 0 bridgehead atoms. The van der Waals surface area contributed by atoms with Crippen LogP contribution in [0, 0.1) is 0 Å². The van der Waals surface area contributed by atoms with Crippen molar-refractivity contribution in [3.8, 4) is 11.1 Å². The molecule has 3 aromatic rings. The molecule has 6 heteroatoms. The standard InChI is InChI=1S/C18H18N2O3S/c21-11-14(22)10-19-17(23)9-18-20-15-7-6-13(8-16(15)24-18)12-4-2-1-3-5-12/h1-8,14,21-22H,9-11H2,(H,19,23)/t14-/m0/s1. The SMILES string of the molecule is O=C(Cc1nc2ccc(-c3ccccc3)cc2s1)NC[C@H](O)CO. The average molecular weight is 342 g/mol. The molecule has 0 radical (unpaired) electrons. The van der Waals surface area contributed by atoms with Gasteiger partial charge in [0.05, 0.1) is 29.3 Å². The molecule has 1 amide bonds. The van der Waals surface area contributed by atoms with Crippen molar-refractivity contribution in [2.24, 2.45) is 0 Å². The number of hydrogen-bond donors (Lipinski definition) is 3. The summed E-state index contributed by atoms with van der Waals surface area (Å²) in [7, 11) is 0. The van der Waals surface area contributed by atoms with Crippen molar-refractivity contribution in [3.63, 3.8) is 0 Å². The molecule has 5 nitrogen and oxygen atoms in total. The van der Waals surface area contributed by atoms with E-state index in [9.17, 15) is 9.90 Å². The maximum absolute atomic E-state index is 11.9. The van der Waals surface area contributed by atoms with E-state index in [0.29, 0.717) is 0 Å². The molecule has 0 saturated heterocycles. The van der Waals surface area contributed by atoms with Gasteiger partial charge in [-0.05, 0) is 23.3 Å². The van der Waals surface area contributed by atoms with Gasteiger partial charge >= 0.3 is 0 Å². The minimum atomic E-state index is -0.933. The number of aliphatic hydroxyl groups excluding tert-OH is 2. The maximum Gasteiger partial charge on any atom is 0.226 e. The first-order chi connectivity index (χ1) is 11.7. The summed E-state index contributed by atoms with van der Waals surface area (Å²) in [5, 5.41) is 21.3. The molecule has 0 fully saturated rings. The zero-order valence-corrected chi connectivity index (χ0v) is 13.8. The number of aromatic nitrogens is 1. The second kappa shape index (κ2) is 7.53. The first-order valence-corrected chi connectivity index (χ1v) is 8.48. The molecule has 124 valence electrons. The number of nitrogens with one attached hydrogen (secondary N) is 1. The Hall–Kier alpha value is -2.28. The molecule has 0 saturated carbocycles. The fourth-order valence-electron chi connectivity index (χ4n) is 2.35. The number of amides is 1. The Bertz CT molecular complexity index is 833. The Morgan fingerprint density at radius 2 is 1.96 bits per heavy atom. The van der Waals surface area contributed by atoms with Crippen molar-refractivity contribution in [2.75, 3.05) is 13.2 Å². The summed E-state index contributed by atoms with van der Waals surface area (Å²) in [6.07, 6.45) is -0.768. The Balaban J connectivity index is 1.73. The Morgan fingerprint density at radius 1 is 1.17 bits per heavy atom. The molecule has 1 atom stereocenters. The highest BCUT2D eigenvalue weighted by Crippen LogP contribution is 2.28. The minimum absolute atomic E-state index is 0.0401. The third-order valence-electron chi connectivity index (χ3n) is 3.60. The van der Waals surface area contributed by atoms with E-state index in [0.717, 1.165) is 26.4 Å². The second-order valence-corrected chi connectivity index (χ2v) is 6.59. The number of thiazole rings is 1. The number of aliphatic hydroxyl groups is 2. The molecule has 3 rings (SSSR count). The molecule has 3 N–H and O–H groups in total. The van der Waals surface area contributed by atoms with E-state index in [4.69, 9.17) is 5.11 Å². The summed E-state index contributed by atoms with van der Waals surface area (Å²) >= 11 is 1.49. The fraction of sp³-hybridized carbons (Fsp3) is 0.222. The van der Waals surface area contributed by atoms with Gasteiger partial charge < -0.3 is 15.5 Å². The molecule has 0 aliphatic rings. The first-order valence-electron chi connectivity index (χ1n) is 7.66. The number of hydrogen-bond acceptors (Lipinski definition) is 5. The van der Waals surface area contributed by atoms with Gasteiger partial charge in [0.15, 0.2) is 0 Å². The highest BCUT2D eigenvalue weighted by molar-refractivity contribution is 7.18. The average Bonchev–Trinajstić information content (AvgIpc) is 3.01. The van der Waals surface area contributed by atoms with Gasteiger partial charge in [-0.25, -0.2) is 4.98 Å². The van der Waals surface area contributed by atoms with E-state index in [1.165, 1.54) is 11.3 Å². The summed E-state index contributed by atoms with van der Waals surface area (Å²) in [4.78, 5) is 16.3. The monoisotopic (exact) mass is 342 g/mol. The highest BCUT2D eigenvalue weighted by Gasteiger charge is 2.11. The van der Waals surface area contributed by atoms with Crippen molar-refractivity contribution < 1.29 is 15.0 Å². The smallest absolute Gasteiger partial charge is 0.226 e. The van der Waals surface area contributed by atoms with Crippen molar-refractivity contribution in [2.45, 2.75) is 12.5 Å². The van der Waals surface area contributed by atoms with Crippen molar-refractivity contribution in [1.82, 2.24) is 10.3 Å². The number of fused-ring (bicyclic) bond motifs is 1.